The minimum atomic E-state index is -0.416. The standard InChI is InChI=1S/C15H24O2/c1-5-6-15(17-4)14(16)10-13-8-11(2)7-12(3)9-13/h7-9,14-16H,5-6,10H2,1-4H3. The van der Waals surface area contributed by atoms with Gasteiger partial charge in [-0.1, -0.05) is 42.7 Å². The number of rotatable bonds is 6. The third kappa shape index (κ3) is 4.49. The molecule has 0 amide bonds. The number of benzene rings is 1. The molecule has 17 heavy (non-hydrogen) atoms. The van der Waals surface area contributed by atoms with Crippen molar-refractivity contribution in [2.45, 2.75) is 52.2 Å². The van der Waals surface area contributed by atoms with E-state index in [2.05, 4.69) is 39.0 Å². The number of hydrogen-bond donors (Lipinski definition) is 1. The summed E-state index contributed by atoms with van der Waals surface area (Å²) in [5, 5.41) is 10.2. The van der Waals surface area contributed by atoms with Gasteiger partial charge in [0, 0.05) is 13.5 Å². The SMILES string of the molecule is CCCC(OC)C(O)Cc1cc(C)cc(C)c1. The number of ether oxygens (including phenoxy) is 1. The maximum atomic E-state index is 10.2. The molecular formula is C15H24O2. The second kappa shape index (κ2) is 6.77. The topological polar surface area (TPSA) is 29.5 Å². The monoisotopic (exact) mass is 236 g/mol. The molecule has 0 aliphatic rings. The number of aliphatic hydroxyl groups excluding tert-OH is 1. The van der Waals surface area contributed by atoms with Gasteiger partial charge in [-0.3, -0.25) is 0 Å². The van der Waals surface area contributed by atoms with Gasteiger partial charge < -0.3 is 9.84 Å². The highest BCUT2D eigenvalue weighted by Gasteiger charge is 2.18. The molecule has 1 N–H and O–H groups in total. The summed E-state index contributed by atoms with van der Waals surface area (Å²) in [6.45, 7) is 6.28. The lowest BCUT2D eigenvalue weighted by Crippen LogP contribution is -2.29. The van der Waals surface area contributed by atoms with E-state index in [0.29, 0.717) is 6.42 Å². The van der Waals surface area contributed by atoms with Crippen molar-refractivity contribution in [1.29, 1.82) is 0 Å². The smallest absolute Gasteiger partial charge is 0.0841 e. The highest BCUT2D eigenvalue weighted by molar-refractivity contribution is 5.29. The van der Waals surface area contributed by atoms with Crippen LogP contribution in [0.2, 0.25) is 0 Å². The fraction of sp³-hybridized carbons (Fsp3) is 0.600. The molecule has 96 valence electrons. The van der Waals surface area contributed by atoms with Crippen LogP contribution in [0.4, 0.5) is 0 Å². The lowest BCUT2D eigenvalue weighted by atomic mass is 9.98. The van der Waals surface area contributed by atoms with E-state index in [4.69, 9.17) is 4.74 Å². The van der Waals surface area contributed by atoms with Gasteiger partial charge in [0.15, 0.2) is 0 Å². The molecule has 0 heterocycles. The van der Waals surface area contributed by atoms with Crippen LogP contribution >= 0.6 is 0 Å². The van der Waals surface area contributed by atoms with Gasteiger partial charge in [-0.05, 0) is 25.8 Å². The van der Waals surface area contributed by atoms with E-state index >= 15 is 0 Å². The Labute approximate surface area is 105 Å². The molecule has 2 unspecified atom stereocenters. The van der Waals surface area contributed by atoms with Gasteiger partial charge in [-0.25, -0.2) is 0 Å². The fourth-order valence-corrected chi connectivity index (χ4v) is 2.31. The molecule has 0 aliphatic carbocycles. The maximum absolute atomic E-state index is 10.2. The molecule has 0 saturated carbocycles. The number of hydrogen-bond acceptors (Lipinski definition) is 2. The molecule has 1 rings (SSSR count). The summed E-state index contributed by atoms with van der Waals surface area (Å²) in [5.74, 6) is 0. The van der Waals surface area contributed by atoms with Crippen molar-refractivity contribution < 1.29 is 9.84 Å². The van der Waals surface area contributed by atoms with Crippen molar-refractivity contribution in [3.63, 3.8) is 0 Å². The van der Waals surface area contributed by atoms with Crippen molar-refractivity contribution in [2.24, 2.45) is 0 Å². The summed E-state index contributed by atoms with van der Waals surface area (Å²) in [4.78, 5) is 0. The molecule has 0 spiro atoms. The predicted molar refractivity (Wildman–Crippen MR) is 71.3 cm³/mol. The first-order chi connectivity index (χ1) is 8.06. The summed E-state index contributed by atoms with van der Waals surface area (Å²) in [7, 11) is 1.67. The van der Waals surface area contributed by atoms with E-state index in [9.17, 15) is 5.11 Å². The zero-order valence-electron chi connectivity index (χ0n) is 11.4. The Balaban J connectivity index is 2.68. The second-order valence-corrected chi connectivity index (χ2v) is 4.83. The lowest BCUT2D eigenvalue weighted by Gasteiger charge is -2.21. The van der Waals surface area contributed by atoms with Crippen molar-refractivity contribution in [1.82, 2.24) is 0 Å². The van der Waals surface area contributed by atoms with Crippen LogP contribution in [0.15, 0.2) is 18.2 Å². The molecule has 0 aliphatic heterocycles. The molecule has 2 atom stereocenters. The maximum Gasteiger partial charge on any atom is 0.0841 e. The minimum absolute atomic E-state index is 0.0548. The summed E-state index contributed by atoms with van der Waals surface area (Å²) < 4.78 is 5.34. The molecule has 0 radical (unpaired) electrons. The third-order valence-electron chi connectivity index (χ3n) is 3.03. The van der Waals surface area contributed by atoms with Crippen LogP contribution in [0.3, 0.4) is 0 Å². The van der Waals surface area contributed by atoms with E-state index < -0.39 is 6.10 Å². The van der Waals surface area contributed by atoms with Crippen LogP contribution in [0, 0.1) is 13.8 Å². The zero-order chi connectivity index (χ0) is 12.8. The summed E-state index contributed by atoms with van der Waals surface area (Å²) in [5.41, 5.74) is 3.68. The Bertz CT molecular complexity index is 327. The molecule has 2 nitrogen and oxygen atoms in total. The Morgan fingerprint density at radius 1 is 1.18 bits per heavy atom. The van der Waals surface area contributed by atoms with Crippen LogP contribution in [0.5, 0.6) is 0 Å². The van der Waals surface area contributed by atoms with E-state index in [1.165, 1.54) is 16.7 Å². The molecule has 2 heteroatoms. The lowest BCUT2D eigenvalue weighted by molar-refractivity contribution is -0.0159. The zero-order valence-corrected chi connectivity index (χ0v) is 11.4. The van der Waals surface area contributed by atoms with Crippen LogP contribution < -0.4 is 0 Å². The third-order valence-corrected chi connectivity index (χ3v) is 3.03. The Kier molecular flexibility index (Phi) is 5.66. The van der Waals surface area contributed by atoms with Gasteiger partial charge in [-0.2, -0.15) is 0 Å². The van der Waals surface area contributed by atoms with E-state index in [1.54, 1.807) is 7.11 Å². The largest absolute Gasteiger partial charge is 0.390 e. The average Bonchev–Trinajstić information content (AvgIpc) is 2.24. The van der Waals surface area contributed by atoms with Gasteiger partial charge in [0.25, 0.3) is 0 Å². The molecule has 0 bridgehead atoms. The van der Waals surface area contributed by atoms with Crippen molar-refractivity contribution in [3.05, 3.63) is 34.9 Å². The van der Waals surface area contributed by atoms with Gasteiger partial charge in [0.05, 0.1) is 12.2 Å². The number of aryl methyl sites for hydroxylation is 2. The summed E-state index contributed by atoms with van der Waals surface area (Å²) in [6.07, 6.45) is 2.13. The van der Waals surface area contributed by atoms with Crippen molar-refractivity contribution in [2.75, 3.05) is 7.11 Å². The normalized spacial score (nSPS) is 14.6. The molecular weight excluding hydrogens is 212 g/mol. The van der Waals surface area contributed by atoms with E-state index in [0.717, 1.165) is 12.8 Å². The Morgan fingerprint density at radius 2 is 1.76 bits per heavy atom. The number of aliphatic hydroxyl groups is 1. The van der Waals surface area contributed by atoms with Gasteiger partial charge >= 0.3 is 0 Å². The van der Waals surface area contributed by atoms with Crippen LogP contribution in [-0.2, 0) is 11.2 Å². The quantitative estimate of drug-likeness (QED) is 0.822. The molecule has 0 aromatic heterocycles. The predicted octanol–water partition coefficient (Wildman–Crippen LogP) is 3.02. The van der Waals surface area contributed by atoms with E-state index in [1.807, 2.05) is 0 Å². The summed E-state index contributed by atoms with van der Waals surface area (Å²) in [6, 6.07) is 6.42. The van der Waals surface area contributed by atoms with Crippen molar-refractivity contribution in [3.8, 4) is 0 Å². The second-order valence-electron chi connectivity index (χ2n) is 4.83. The van der Waals surface area contributed by atoms with Crippen LogP contribution in [0.25, 0.3) is 0 Å². The minimum Gasteiger partial charge on any atom is -0.390 e. The molecule has 0 saturated heterocycles. The van der Waals surface area contributed by atoms with Gasteiger partial charge in [-0.15, -0.1) is 0 Å². The van der Waals surface area contributed by atoms with Gasteiger partial charge in [0.1, 0.15) is 0 Å². The summed E-state index contributed by atoms with van der Waals surface area (Å²) >= 11 is 0. The van der Waals surface area contributed by atoms with Crippen LogP contribution in [0.1, 0.15) is 36.5 Å². The number of methoxy groups -OCH3 is 1. The molecule has 1 aromatic carbocycles. The van der Waals surface area contributed by atoms with E-state index in [-0.39, 0.29) is 6.10 Å². The Hall–Kier alpha value is -0.860. The van der Waals surface area contributed by atoms with Gasteiger partial charge in [0.2, 0.25) is 0 Å². The average molecular weight is 236 g/mol. The fourth-order valence-electron chi connectivity index (χ4n) is 2.31. The van der Waals surface area contributed by atoms with Crippen molar-refractivity contribution >= 4 is 0 Å². The highest BCUT2D eigenvalue weighted by atomic mass is 16.5. The first-order valence-corrected chi connectivity index (χ1v) is 6.34. The first kappa shape index (κ1) is 14.2. The molecule has 1 aromatic rings. The van der Waals surface area contributed by atoms with Crippen LogP contribution in [-0.4, -0.2) is 24.4 Å². The molecule has 0 fully saturated rings. The highest BCUT2D eigenvalue weighted by Crippen LogP contribution is 2.15. The first-order valence-electron chi connectivity index (χ1n) is 6.34. The Morgan fingerprint density at radius 3 is 2.24 bits per heavy atom.